The van der Waals surface area contributed by atoms with Crippen molar-refractivity contribution in [2.24, 2.45) is 5.92 Å². The maximum atomic E-state index is 13.0. The minimum atomic E-state index is -0.796. The van der Waals surface area contributed by atoms with E-state index in [4.69, 9.17) is 0 Å². The molecule has 0 saturated carbocycles. The van der Waals surface area contributed by atoms with Crippen LogP contribution in [0.25, 0.3) is 0 Å². The molecule has 31 heavy (non-hydrogen) atoms. The summed E-state index contributed by atoms with van der Waals surface area (Å²) in [4.78, 5) is 49.5. The van der Waals surface area contributed by atoms with E-state index in [1.165, 1.54) is 13.8 Å². The Morgan fingerprint density at radius 3 is 1.97 bits per heavy atom. The Morgan fingerprint density at radius 1 is 0.871 bits per heavy atom. The first kappa shape index (κ1) is 26.7. The summed E-state index contributed by atoms with van der Waals surface area (Å²) in [6.45, 7) is 6.72. The Morgan fingerprint density at radius 2 is 1.45 bits per heavy atom. The normalized spacial score (nSPS) is 13.7. The van der Waals surface area contributed by atoms with Crippen LogP contribution < -0.4 is 16.0 Å². The first-order chi connectivity index (χ1) is 14.6. The van der Waals surface area contributed by atoms with Gasteiger partial charge in [0.25, 0.3) is 0 Å². The van der Waals surface area contributed by atoms with E-state index in [0.717, 1.165) is 5.56 Å². The van der Waals surface area contributed by atoms with Crippen molar-refractivity contribution in [1.82, 2.24) is 16.0 Å². The highest BCUT2D eigenvalue weighted by Gasteiger charge is 2.29. The molecule has 0 fully saturated rings. The fraction of sp³-hybridized carbons (Fsp3) is 0.565. The Kier molecular flexibility index (Phi) is 11.9. The number of hydrogen-bond acceptors (Lipinski definition) is 5. The highest BCUT2D eigenvalue weighted by atomic mass is 32.2. The summed E-state index contributed by atoms with van der Waals surface area (Å²) >= 11 is 1.57. The van der Waals surface area contributed by atoms with Crippen LogP contribution in [0.3, 0.4) is 0 Å². The molecule has 3 amide bonds. The molecule has 3 atom stereocenters. The van der Waals surface area contributed by atoms with Crippen LogP contribution >= 0.6 is 11.8 Å². The summed E-state index contributed by atoms with van der Waals surface area (Å²) in [5, 5.41) is 8.24. The molecule has 0 aromatic heterocycles. The monoisotopic (exact) mass is 449 g/mol. The molecule has 7 nitrogen and oxygen atoms in total. The van der Waals surface area contributed by atoms with Crippen molar-refractivity contribution >= 4 is 35.3 Å². The molecule has 3 N–H and O–H groups in total. The molecule has 0 aliphatic carbocycles. The van der Waals surface area contributed by atoms with E-state index in [1.807, 2.05) is 50.4 Å². The van der Waals surface area contributed by atoms with Crippen LogP contribution in [-0.4, -0.2) is 53.6 Å². The zero-order valence-electron chi connectivity index (χ0n) is 19.1. The maximum absolute atomic E-state index is 13.0. The number of ketones is 1. The van der Waals surface area contributed by atoms with E-state index < -0.39 is 29.9 Å². The number of Topliss-reactive ketones (excluding diaryl/α,β-unsaturated/α-hetero) is 1. The zero-order chi connectivity index (χ0) is 23.4. The molecular weight excluding hydrogens is 414 g/mol. The van der Waals surface area contributed by atoms with Gasteiger partial charge >= 0.3 is 0 Å². The molecule has 0 unspecified atom stereocenters. The van der Waals surface area contributed by atoms with Gasteiger partial charge in [0.15, 0.2) is 5.78 Å². The summed E-state index contributed by atoms with van der Waals surface area (Å²) in [6, 6.07) is 7.28. The fourth-order valence-corrected chi connectivity index (χ4v) is 3.62. The van der Waals surface area contributed by atoms with Crippen LogP contribution in [-0.2, 0) is 25.6 Å². The quantitative estimate of drug-likeness (QED) is 0.428. The third kappa shape index (κ3) is 10.5. The highest BCUT2D eigenvalue weighted by molar-refractivity contribution is 7.98. The minimum Gasteiger partial charge on any atom is -0.345 e. The predicted molar refractivity (Wildman–Crippen MR) is 125 cm³/mol. The second-order valence-corrected chi connectivity index (χ2v) is 9.07. The summed E-state index contributed by atoms with van der Waals surface area (Å²) in [6.07, 6.45) is 3.19. The molecule has 0 aliphatic heterocycles. The number of nitrogens with one attached hydrogen (secondary N) is 3. The first-order valence-electron chi connectivity index (χ1n) is 10.5. The predicted octanol–water partition coefficient (Wildman–Crippen LogP) is 2.09. The van der Waals surface area contributed by atoms with E-state index in [2.05, 4.69) is 16.0 Å². The lowest BCUT2D eigenvalue weighted by molar-refractivity contribution is -0.133. The molecule has 1 rings (SSSR count). The van der Waals surface area contributed by atoms with E-state index in [1.54, 1.807) is 11.8 Å². The van der Waals surface area contributed by atoms with Gasteiger partial charge in [-0.25, -0.2) is 0 Å². The van der Waals surface area contributed by atoms with Crippen molar-refractivity contribution < 1.29 is 19.2 Å². The standard InChI is InChI=1S/C23H35N3O4S/c1-15(2)13-21(26-22(29)19(11-12-31-5)24-17(4)28)23(30)25-20(16(3)27)14-18-9-7-6-8-10-18/h6-10,15,19-21H,11-14H2,1-5H3,(H,24,28)(H,25,30)(H,26,29)/t19-,20-,21-/m1/s1. The van der Waals surface area contributed by atoms with Gasteiger partial charge in [-0.2, -0.15) is 11.8 Å². The van der Waals surface area contributed by atoms with Gasteiger partial charge in [-0.15, -0.1) is 0 Å². The smallest absolute Gasteiger partial charge is 0.243 e. The lowest BCUT2D eigenvalue weighted by Gasteiger charge is -2.25. The van der Waals surface area contributed by atoms with E-state index in [-0.39, 0.29) is 17.6 Å². The molecule has 0 radical (unpaired) electrons. The second kappa shape index (κ2) is 13.9. The van der Waals surface area contributed by atoms with Gasteiger partial charge in [0, 0.05) is 6.92 Å². The number of hydrogen-bond donors (Lipinski definition) is 3. The average Bonchev–Trinajstić information content (AvgIpc) is 2.70. The van der Waals surface area contributed by atoms with Gasteiger partial charge in [0.1, 0.15) is 12.1 Å². The molecule has 8 heteroatoms. The van der Waals surface area contributed by atoms with Crippen LogP contribution in [0.15, 0.2) is 30.3 Å². The lowest BCUT2D eigenvalue weighted by atomic mass is 9.99. The van der Waals surface area contributed by atoms with E-state index in [0.29, 0.717) is 25.0 Å². The van der Waals surface area contributed by atoms with Gasteiger partial charge in [-0.05, 0) is 49.7 Å². The average molecular weight is 450 g/mol. The van der Waals surface area contributed by atoms with Crippen LogP contribution in [0.1, 0.15) is 46.1 Å². The van der Waals surface area contributed by atoms with Crippen LogP contribution in [0.5, 0.6) is 0 Å². The molecule has 172 valence electrons. The highest BCUT2D eigenvalue weighted by Crippen LogP contribution is 2.09. The van der Waals surface area contributed by atoms with Gasteiger partial charge in [-0.1, -0.05) is 44.2 Å². The first-order valence-corrected chi connectivity index (χ1v) is 11.9. The molecule has 0 bridgehead atoms. The fourth-order valence-electron chi connectivity index (χ4n) is 3.14. The minimum absolute atomic E-state index is 0.145. The number of carbonyl (C=O) groups excluding carboxylic acids is 4. The van der Waals surface area contributed by atoms with Crippen molar-refractivity contribution in [2.45, 2.75) is 65.1 Å². The molecule has 1 aromatic rings. The zero-order valence-corrected chi connectivity index (χ0v) is 19.9. The third-order valence-electron chi connectivity index (χ3n) is 4.73. The van der Waals surface area contributed by atoms with E-state index in [9.17, 15) is 19.2 Å². The van der Waals surface area contributed by atoms with Crippen molar-refractivity contribution in [3.05, 3.63) is 35.9 Å². The maximum Gasteiger partial charge on any atom is 0.243 e. The molecule has 0 saturated heterocycles. The molecule has 0 aliphatic rings. The molecule has 0 heterocycles. The van der Waals surface area contributed by atoms with Gasteiger partial charge in [0.2, 0.25) is 17.7 Å². The number of benzene rings is 1. The lowest BCUT2D eigenvalue weighted by Crippen LogP contribution is -2.56. The van der Waals surface area contributed by atoms with Crippen LogP contribution in [0.2, 0.25) is 0 Å². The van der Waals surface area contributed by atoms with Crippen LogP contribution in [0, 0.1) is 5.92 Å². The van der Waals surface area contributed by atoms with Crippen molar-refractivity contribution in [3.63, 3.8) is 0 Å². The number of amides is 3. The number of carbonyl (C=O) groups is 4. The SMILES string of the molecule is CSCC[C@@H](NC(C)=O)C(=O)N[C@H](CC(C)C)C(=O)N[C@H](Cc1ccccc1)C(C)=O. The Hall–Kier alpha value is -2.35. The number of rotatable bonds is 13. The Bertz CT molecular complexity index is 740. The van der Waals surface area contributed by atoms with Crippen molar-refractivity contribution in [3.8, 4) is 0 Å². The van der Waals surface area contributed by atoms with Gasteiger partial charge in [-0.3, -0.25) is 19.2 Å². The molecule has 1 aromatic carbocycles. The van der Waals surface area contributed by atoms with Gasteiger partial charge in [0.05, 0.1) is 6.04 Å². The Labute approximate surface area is 189 Å². The summed E-state index contributed by atoms with van der Waals surface area (Å²) in [5.74, 6) is -0.403. The summed E-state index contributed by atoms with van der Waals surface area (Å²) in [5.41, 5.74) is 0.940. The Balaban J connectivity index is 2.91. The topological polar surface area (TPSA) is 104 Å². The molecule has 0 spiro atoms. The van der Waals surface area contributed by atoms with E-state index >= 15 is 0 Å². The molecular formula is C23H35N3O4S. The van der Waals surface area contributed by atoms with Crippen LogP contribution in [0.4, 0.5) is 0 Å². The summed E-state index contributed by atoms with van der Waals surface area (Å²) < 4.78 is 0. The van der Waals surface area contributed by atoms with Crippen molar-refractivity contribution in [2.75, 3.05) is 12.0 Å². The van der Waals surface area contributed by atoms with Crippen molar-refractivity contribution in [1.29, 1.82) is 0 Å². The second-order valence-electron chi connectivity index (χ2n) is 8.09. The number of thioether (sulfide) groups is 1. The third-order valence-corrected chi connectivity index (χ3v) is 5.38. The summed E-state index contributed by atoms with van der Waals surface area (Å²) in [7, 11) is 0. The largest absolute Gasteiger partial charge is 0.345 e. The van der Waals surface area contributed by atoms with Gasteiger partial charge < -0.3 is 16.0 Å².